The monoisotopic (exact) mass is 1860 g/mol. The molecule has 14 atom stereocenters. The third kappa shape index (κ3) is 31.7. The van der Waals surface area contributed by atoms with Gasteiger partial charge in [0.15, 0.2) is 17.5 Å². The Balaban J connectivity index is 0.851. The molecule has 32 nitrogen and oxygen atoms in total. The van der Waals surface area contributed by atoms with Crippen LogP contribution in [0.3, 0.4) is 0 Å². The van der Waals surface area contributed by atoms with Crippen LogP contribution in [0.25, 0.3) is 0 Å². The normalized spacial score (nSPS) is 23.3. The maximum absolute atomic E-state index is 16.0. The SMILES string of the molecule is CC/C=C\C/C=C\C/C=C\C/C=C\C/C=C\C/C=C\CCC(=O)NCCCC[C@H](NC(=O)COC1/C=C(/C)CCCCC1)C(=O)NCC(=O)NCC(=O)N[C@@H](CCCCNC(=O)COCC(=O)O[C@@H](C(=O)O[C@H]1C[C@@]2(O)[C@@H](OC(=O)c3ccccc3)[C@@H]3[C@]4(OC(C)=O)CO[C@@H]4C[C@H](O)[C@@]3(C)C(=O)[C@H](OC(C)=O)C(=C1C)C2(C)C)C(NC(=O)c1ccccc1)c1ccccc1)C(=O)OCC. The summed E-state index contributed by atoms with van der Waals surface area (Å²) in [6, 6.07) is 19.4. The van der Waals surface area contributed by atoms with Gasteiger partial charge in [0.05, 0.1) is 55.4 Å². The van der Waals surface area contributed by atoms with Crippen LogP contribution < -0.4 is 37.2 Å². The van der Waals surface area contributed by atoms with Gasteiger partial charge < -0.3 is 90.1 Å². The Labute approximate surface area is 784 Å². The Morgan fingerprint density at radius 1 is 0.590 bits per heavy atom. The summed E-state index contributed by atoms with van der Waals surface area (Å²) < 4.78 is 53.8. The number of hydrogen-bond acceptors (Lipinski definition) is 25. The highest BCUT2D eigenvalue weighted by atomic mass is 16.6. The van der Waals surface area contributed by atoms with E-state index in [1.54, 1.807) is 61.5 Å². The summed E-state index contributed by atoms with van der Waals surface area (Å²) in [5, 5.41) is 45.2. The second kappa shape index (κ2) is 54.5. The molecule has 8 rings (SSSR count). The number of amides is 7. The summed E-state index contributed by atoms with van der Waals surface area (Å²) in [7, 11) is 0. The van der Waals surface area contributed by atoms with E-state index in [2.05, 4.69) is 105 Å². The highest BCUT2D eigenvalue weighted by molar-refractivity contribution is 5.97. The van der Waals surface area contributed by atoms with Crippen LogP contribution in [0, 0.1) is 16.7 Å². The maximum Gasteiger partial charge on any atom is 0.350 e. The number of esters is 6. The van der Waals surface area contributed by atoms with Gasteiger partial charge in [0.1, 0.15) is 61.9 Å². The Bertz CT molecular complexity index is 4730. The lowest BCUT2D eigenvalue weighted by molar-refractivity contribution is -0.346. The molecule has 32 heteroatoms. The lowest BCUT2D eigenvalue weighted by atomic mass is 9.44. The molecule has 2 bridgehead atoms. The number of carbonyl (C=O) groups is 14. The van der Waals surface area contributed by atoms with E-state index in [-0.39, 0.29) is 91.7 Å². The van der Waals surface area contributed by atoms with Gasteiger partial charge in [0.2, 0.25) is 41.5 Å². The van der Waals surface area contributed by atoms with Crippen molar-refractivity contribution in [3.8, 4) is 0 Å². The molecule has 728 valence electrons. The molecule has 9 N–H and O–H groups in total. The minimum absolute atomic E-state index is 0.00794. The average Bonchev–Trinajstić information content (AvgIpc) is 0.666. The molecule has 2 saturated carbocycles. The van der Waals surface area contributed by atoms with Crippen molar-refractivity contribution >= 4 is 82.9 Å². The third-order valence-corrected chi connectivity index (χ3v) is 24.7. The first-order valence-electron chi connectivity index (χ1n) is 46.6. The number of benzene rings is 3. The maximum atomic E-state index is 16.0. The zero-order valence-electron chi connectivity index (χ0n) is 78.5. The van der Waals surface area contributed by atoms with E-state index in [9.17, 15) is 67.7 Å². The fraction of sp³-hybridized carbons (Fsp3) is 0.529. The van der Waals surface area contributed by atoms with Crippen molar-refractivity contribution in [2.75, 3.05) is 59.2 Å². The van der Waals surface area contributed by atoms with Crippen LogP contribution in [0.1, 0.15) is 229 Å². The van der Waals surface area contributed by atoms with Crippen molar-refractivity contribution in [3.05, 3.63) is 203 Å². The number of hydrogen-bond donors (Lipinski definition) is 9. The zero-order chi connectivity index (χ0) is 97.2. The van der Waals surface area contributed by atoms with Crippen molar-refractivity contribution in [3.63, 3.8) is 0 Å². The lowest BCUT2D eigenvalue weighted by Crippen LogP contribution is -2.82. The van der Waals surface area contributed by atoms with E-state index in [1.165, 1.54) is 69.7 Å². The van der Waals surface area contributed by atoms with E-state index in [0.717, 1.165) is 84.5 Å². The molecule has 5 aliphatic rings. The first kappa shape index (κ1) is 107. The minimum Gasteiger partial charge on any atom is -0.464 e. The van der Waals surface area contributed by atoms with Crippen molar-refractivity contribution < 1.29 is 120 Å². The number of aliphatic hydroxyl groups is 2. The molecule has 0 spiro atoms. The fourth-order valence-corrected chi connectivity index (χ4v) is 17.6. The summed E-state index contributed by atoms with van der Waals surface area (Å²) in [5.41, 5.74) is -7.17. The molecule has 2 unspecified atom stereocenters. The van der Waals surface area contributed by atoms with Crippen LogP contribution in [0.15, 0.2) is 187 Å². The largest absolute Gasteiger partial charge is 0.464 e. The van der Waals surface area contributed by atoms with Crippen LogP contribution in [-0.4, -0.2) is 218 Å². The molecule has 1 heterocycles. The summed E-state index contributed by atoms with van der Waals surface area (Å²) in [5.74, 6) is -13.3. The number of allylic oxidation sites excluding steroid dienone is 13. The van der Waals surface area contributed by atoms with Crippen molar-refractivity contribution in [1.29, 1.82) is 0 Å². The molecule has 1 saturated heterocycles. The van der Waals surface area contributed by atoms with Gasteiger partial charge >= 0.3 is 35.8 Å². The van der Waals surface area contributed by atoms with Gasteiger partial charge in [-0.3, -0.25) is 47.9 Å². The molecule has 0 radical (unpaired) electrons. The van der Waals surface area contributed by atoms with Gasteiger partial charge in [-0.05, 0) is 171 Å². The number of ether oxygens (including phenoxy) is 9. The third-order valence-electron chi connectivity index (χ3n) is 24.7. The number of ketones is 1. The number of carbonyl (C=O) groups excluding carboxylic acids is 14. The van der Waals surface area contributed by atoms with Crippen LogP contribution in [0.5, 0.6) is 0 Å². The topological polar surface area (TPSA) is 447 Å². The summed E-state index contributed by atoms with van der Waals surface area (Å²) >= 11 is 0. The number of Topliss-reactive ketones (excluding diaryl/α,β-unsaturated/α-hetero) is 1. The molecule has 4 aliphatic carbocycles. The quantitative estimate of drug-likeness (QED) is 0.0110. The van der Waals surface area contributed by atoms with Crippen LogP contribution in [0.4, 0.5) is 0 Å². The van der Waals surface area contributed by atoms with Gasteiger partial charge in [-0.2, -0.15) is 0 Å². The van der Waals surface area contributed by atoms with Gasteiger partial charge in [0.25, 0.3) is 5.91 Å². The van der Waals surface area contributed by atoms with E-state index in [4.69, 9.17) is 42.6 Å². The molecule has 1 aliphatic heterocycles. The van der Waals surface area contributed by atoms with Crippen molar-refractivity contribution in [2.24, 2.45) is 16.7 Å². The summed E-state index contributed by atoms with van der Waals surface area (Å²) in [6.07, 6.45) is 28.0. The van der Waals surface area contributed by atoms with Gasteiger partial charge in [0, 0.05) is 57.2 Å². The summed E-state index contributed by atoms with van der Waals surface area (Å²) in [6.45, 7) is 10.3. The zero-order valence-corrected chi connectivity index (χ0v) is 78.5. The minimum atomic E-state index is -2.59. The second-order valence-corrected chi connectivity index (χ2v) is 34.9. The first-order valence-corrected chi connectivity index (χ1v) is 46.6. The van der Waals surface area contributed by atoms with Gasteiger partial charge in [-0.25, -0.2) is 19.2 Å². The van der Waals surface area contributed by atoms with Crippen molar-refractivity contribution in [2.45, 2.75) is 269 Å². The molecule has 7 amide bonds. The molecular weight excluding hydrogens is 1720 g/mol. The van der Waals surface area contributed by atoms with Crippen molar-refractivity contribution in [1.82, 2.24) is 37.2 Å². The lowest BCUT2D eigenvalue weighted by Gasteiger charge is -2.67. The Kier molecular flexibility index (Phi) is 43.7. The van der Waals surface area contributed by atoms with Crippen LogP contribution in [0.2, 0.25) is 0 Å². The fourth-order valence-electron chi connectivity index (χ4n) is 17.6. The Morgan fingerprint density at radius 2 is 1.17 bits per heavy atom. The number of aliphatic hydroxyl groups excluding tert-OH is 1. The highest BCUT2D eigenvalue weighted by Crippen LogP contribution is 2.65. The van der Waals surface area contributed by atoms with Gasteiger partial charge in [-0.15, -0.1) is 0 Å². The molecule has 134 heavy (non-hydrogen) atoms. The van der Waals surface area contributed by atoms with Crippen LogP contribution in [-0.2, 0) is 100 Å². The van der Waals surface area contributed by atoms with E-state index in [0.29, 0.717) is 32.2 Å². The standard InChI is InChI=1S/C102H135N7O25/c1-10-12-13-14-15-16-17-18-19-20-21-22-23-24-25-26-27-28-41-56-81(113)103-57-44-42-54-76(107-85(117)65-128-75-53-40-29-33-46-68(3)59-75)95(121)106-62-82(114)105-63-83(115)108-77(97(123)127-11-2)55-43-45-58-104-84(116)64-126-66-86(118)132-90(88(72-47-34-30-35-48-72)109-94(120)73-49-36-31-37-50-73)98(124)131-78-61-102(125)93(133-96(122)74-51-38-32-39-52-74)91-100(9,79(112)60-80-101(91,67-129-80)134-71(6)111)92(119)89(130-70(5)110)87(69(78)4)99(102,7)8/h12-13,15-16,18-19,21-22,24-25,27-28,30-32,34-39,47-52,59,75-80,88-91,93,112,125H,10-11,14,17,20,23,26,29,33,40-46,53-58,60-67H2,1-9H3,(H,103,113)(H,104,116)(H,105,114)(H,106,121)(H,107,117)(H,108,115)(H,109,120)/b13-12-,16-15-,19-18-,22-21-,25-24-,28-27-,68-59-/t75?,76-,77-,78-,79-,80+,88?,89+,90+,91-,93-,100+,101-,102+/m0/s1. The number of unbranched alkanes of at least 4 members (excludes halogenated alkanes) is 2. The Hall–Kier alpha value is -11.8. The molecule has 3 aromatic rings. The molecular formula is C102H135N7O25. The molecule has 3 aromatic carbocycles. The average molecular weight is 1860 g/mol. The second-order valence-electron chi connectivity index (χ2n) is 34.9. The predicted molar refractivity (Wildman–Crippen MR) is 497 cm³/mol. The smallest absolute Gasteiger partial charge is 0.350 e. The highest BCUT2D eigenvalue weighted by Gasteiger charge is 2.78. The molecule has 0 aromatic heterocycles. The summed E-state index contributed by atoms with van der Waals surface area (Å²) in [4.78, 5) is 195. The predicted octanol–water partition coefficient (Wildman–Crippen LogP) is 10.4. The van der Waals surface area contributed by atoms with E-state index >= 15 is 9.59 Å². The number of rotatable bonds is 51. The number of nitrogens with one attached hydrogen (secondary N) is 7. The first-order chi connectivity index (χ1) is 64.3. The van der Waals surface area contributed by atoms with Gasteiger partial charge in [-0.1, -0.05) is 185 Å². The van der Waals surface area contributed by atoms with E-state index in [1.807, 2.05) is 25.2 Å². The Morgan fingerprint density at radius 3 is 1.77 bits per heavy atom. The number of fused-ring (bicyclic) bond motifs is 5. The molecule has 3 fully saturated rings. The van der Waals surface area contributed by atoms with E-state index < -0.39 is 199 Å². The van der Waals surface area contributed by atoms with Crippen LogP contribution >= 0.6 is 0 Å².